The van der Waals surface area contributed by atoms with Gasteiger partial charge in [-0.15, -0.1) is 0 Å². The summed E-state index contributed by atoms with van der Waals surface area (Å²) in [6.45, 7) is 1.90. The highest BCUT2D eigenvalue weighted by Gasteiger charge is 2.20. The third-order valence-electron chi connectivity index (χ3n) is 4.87. The molecular weight excluding hydrogens is 358 g/mol. The minimum Gasteiger partial charge on any atom is -0.382 e. The molecule has 2 aromatic rings. The Balaban J connectivity index is 1.65. The summed E-state index contributed by atoms with van der Waals surface area (Å²) in [5.41, 5.74) is 1.99. The molecule has 0 spiro atoms. The number of rotatable bonds is 6. The van der Waals surface area contributed by atoms with Gasteiger partial charge >= 0.3 is 6.03 Å². The summed E-state index contributed by atoms with van der Waals surface area (Å²) in [4.78, 5) is 27.0. The molecule has 8 heteroatoms. The third kappa shape index (κ3) is 4.89. The molecule has 1 saturated heterocycles. The molecule has 0 aliphatic carbocycles. The molecule has 1 atom stereocenters. The first-order valence-electron chi connectivity index (χ1n) is 9.52. The van der Waals surface area contributed by atoms with Gasteiger partial charge in [0.1, 0.15) is 0 Å². The van der Waals surface area contributed by atoms with Crippen molar-refractivity contribution in [2.75, 3.05) is 32.1 Å². The molecule has 28 heavy (non-hydrogen) atoms. The predicted octanol–water partition coefficient (Wildman–Crippen LogP) is 2.56. The van der Waals surface area contributed by atoms with E-state index in [9.17, 15) is 9.59 Å². The van der Waals surface area contributed by atoms with Gasteiger partial charge in [-0.25, -0.2) is 4.79 Å². The number of piperidine rings is 1. The van der Waals surface area contributed by atoms with Gasteiger partial charge in [0.15, 0.2) is 0 Å². The number of ether oxygens (including phenoxy) is 1. The summed E-state index contributed by atoms with van der Waals surface area (Å²) in [5, 5.41) is 9.83. The van der Waals surface area contributed by atoms with Crippen LogP contribution >= 0.6 is 0 Å². The van der Waals surface area contributed by atoms with Crippen molar-refractivity contribution in [2.24, 2.45) is 7.05 Å². The normalized spacial score (nSPS) is 15.1. The summed E-state index contributed by atoms with van der Waals surface area (Å²) in [5.74, 6) is 0.0101. The zero-order valence-electron chi connectivity index (χ0n) is 16.4. The molecule has 1 unspecified atom stereocenters. The molecule has 3 rings (SSSR count). The van der Waals surface area contributed by atoms with Gasteiger partial charge in [0.05, 0.1) is 18.3 Å². The van der Waals surface area contributed by atoms with Crippen molar-refractivity contribution < 1.29 is 14.3 Å². The van der Waals surface area contributed by atoms with Gasteiger partial charge < -0.3 is 20.3 Å². The number of methoxy groups -OCH3 is 1. The largest absolute Gasteiger partial charge is 0.382 e. The zero-order valence-corrected chi connectivity index (χ0v) is 16.4. The number of aromatic nitrogens is 2. The van der Waals surface area contributed by atoms with Gasteiger partial charge in [-0.3, -0.25) is 9.48 Å². The number of anilines is 1. The van der Waals surface area contributed by atoms with Crippen molar-refractivity contribution in [1.29, 1.82) is 0 Å². The molecule has 1 aliphatic heterocycles. The second-order valence-electron chi connectivity index (χ2n) is 6.92. The molecule has 8 nitrogen and oxygen atoms in total. The Kier molecular flexibility index (Phi) is 6.65. The van der Waals surface area contributed by atoms with Crippen molar-refractivity contribution in [2.45, 2.75) is 25.3 Å². The lowest BCUT2D eigenvalue weighted by Crippen LogP contribution is -2.36. The second kappa shape index (κ2) is 9.36. The molecule has 0 radical (unpaired) electrons. The number of benzene rings is 1. The van der Waals surface area contributed by atoms with E-state index in [1.54, 1.807) is 42.3 Å². The average Bonchev–Trinajstić information content (AvgIpc) is 3.14. The number of likely N-dealkylation sites (tertiary alicyclic amines) is 1. The van der Waals surface area contributed by atoms with E-state index in [-0.39, 0.29) is 18.0 Å². The van der Waals surface area contributed by atoms with Crippen LogP contribution in [0.1, 0.15) is 41.4 Å². The monoisotopic (exact) mass is 385 g/mol. The highest BCUT2D eigenvalue weighted by atomic mass is 16.5. The lowest BCUT2D eigenvalue weighted by Gasteiger charge is -2.26. The average molecular weight is 385 g/mol. The van der Waals surface area contributed by atoms with E-state index in [1.165, 1.54) is 6.42 Å². The number of hydrogen-bond donors (Lipinski definition) is 2. The van der Waals surface area contributed by atoms with Crippen LogP contribution in [0.3, 0.4) is 0 Å². The Morgan fingerprint density at radius 1 is 1.21 bits per heavy atom. The van der Waals surface area contributed by atoms with E-state index >= 15 is 0 Å². The van der Waals surface area contributed by atoms with Gasteiger partial charge in [-0.1, -0.05) is 6.07 Å². The molecule has 0 saturated carbocycles. The fourth-order valence-electron chi connectivity index (χ4n) is 3.43. The molecule has 150 valence electrons. The van der Waals surface area contributed by atoms with E-state index < -0.39 is 0 Å². The number of nitrogens with zero attached hydrogens (tertiary/aromatic N) is 3. The Labute approximate surface area is 164 Å². The van der Waals surface area contributed by atoms with Gasteiger partial charge in [-0.05, 0) is 43.5 Å². The first-order valence-corrected chi connectivity index (χ1v) is 9.52. The summed E-state index contributed by atoms with van der Waals surface area (Å²) in [7, 11) is 3.39. The second-order valence-corrected chi connectivity index (χ2v) is 6.92. The molecular formula is C20H27N5O3. The minimum atomic E-state index is -0.370. The Morgan fingerprint density at radius 3 is 2.68 bits per heavy atom. The van der Waals surface area contributed by atoms with Crippen LogP contribution in [0.15, 0.2) is 36.5 Å². The van der Waals surface area contributed by atoms with Crippen LogP contribution in [0.2, 0.25) is 0 Å². The standard InChI is InChI=1S/C20H27N5O3/c1-24-18(9-10-21-24)17(14-28-2)23-20(27)22-16-8-6-7-15(13-16)19(26)25-11-4-3-5-12-25/h6-10,13,17H,3-5,11-12,14H2,1-2H3,(H2,22,23,27). The maximum absolute atomic E-state index is 12.7. The molecule has 1 aromatic carbocycles. The van der Waals surface area contributed by atoms with E-state index in [0.717, 1.165) is 31.6 Å². The maximum atomic E-state index is 12.7. The van der Waals surface area contributed by atoms with Crippen LogP contribution in [0.5, 0.6) is 0 Å². The van der Waals surface area contributed by atoms with E-state index in [1.807, 2.05) is 18.0 Å². The molecule has 3 amide bonds. The van der Waals surface area contributed by atoms with Crippen LogP contribution < -0.4 is 10.6 Å². The number of hydrogen-bond acceptors (Lipinski definition) is 4. The van der Waals surface area contributed by atoms with Gasteiger partial charge in [0.2, 0.25) is 0 Å². The Bertz CT molecular complexity index is 814. The van der Waals surface area contributed by atoms with E-state index in [0.29, 0.717) is 17.9 Å². The summed E-state index contributed by atoms with van der Waals surface area (Å²) < 4.78 is 6.91. The number of urea groups is 1. The molecule has 1 fully saturated rings. The quantitative estimate of drug-likeness (QED) is 0.800. The molecule has 0 bridgehead atoms. The van der Waals surface area contributed by atoms with Gasteiger partial charge in [0, 0.05) is 44.7 Å². The van der Waals surface area contributed by atoms with Crippen molar-refractivity contribution in [3.8, 4) is 0 Å². The van der Waals surface area contributed by atoms with Crippen molar-refractivity contribution in [1.82, 2.24) is 20.0 Å². The number of aryl methyl sites for hydroxylation is 1. The highest BCUT2D eigenvalue weighted by molar-refractivity contribution is 5.97. The molecule has 1 aliphatic rings. The Morgan fingerprint density at radius 2 is 2.00 bits per heavy atom. The number of nitrogens with one attached hydrogen (secondary N) is 2. The third-order valence-corrected chi connectivity index (χ3v) is 4.87. The highest BCUT2D eigenvalue weighted by Crippen LogP contribution is 2.17. The first kappa shape index (κ1) is 19.9. The molecule has 2 N–H and O–H groups in total. The summed E-state index contributed by atoms with van der Waals surface area (Å²) in [6, 6.07) is 8.17. The maximum Gasteiger partial charge on any atom is 0.319 e. The van der Waals surface area contributed by atoms with Crippen molar-refractivity contribution in [3.05, 3.63) is 47.8 Å². The lowest BCUT2D eigenvalue weighted by molar-refractivity contribution is 0.0724. The molecule has 2 heterocycles. The lowest BCUT2D eigenvalue weighted by atomic mass is 10.1. The van der Waals surface area contributed by atoms with E-state index in [2.05, 4.69) is 15.7 Å². The van der Waals surface area contributed by atoms with Crippen LogP contribution in [-0.2, 0) is 11.8 Å². The SMILES string of the molecule is COCC(NC(=O)Nc1cccc(C(=O)N2CCCCC2)c1)c1ccnn1C. The first-order chi connectivity index (χ1) is 13.6. The topological polar surface area (TPSA) is 88.5 Å². The summed E-state index contributed by atoms with van der Waals surface area (Å²) in [6.07, 6.45) is 4.93. The van der Waals surface area contributed by atoms with Crippen LogP contribution in [0.25, 0.3) is 0 Å². The zero-order chi connectivity index (χ0) is 19.9. The summed E-state index contributed by atoms with van der Waals surface area (Å²) >= 11 is 0. The Hall–Kier alpha value is -2.87. The van der Waals surface area contributed by atoms with Crippen molar-refractivity contribution in [3.63, 3.8) is 0 Å². The van der Waals surface area contributed by atoms with E-state index in [4.69, 9.17) is 4.74 Å². The fourth-order valence-corrected chi connectivity index (χ4v) is 3.43. The van der Waals surface area contributed by atoms with Crippen LogP contribution in [-0.4, -0.2) is 53.4 Å². The van der Waals surface area contributed by atoms with Crippen LogP contribution in [0.4, 0.5) is 10.5 Å². The van der Waals surface area contributed by atoms with Gasteiger partial charge in [0.25, 0.3) is 5.91 Å². The number of carbonyl (C=O) groups excluding carboxylic acids is 2. The van der Waals surface area contributed by atoms with Crippen LogP contribution in [0, 0.1) is 0 Å². The number of amides is 3. The number of carbonyl (C=O) groups is 2. The molecule has 1 aromatic heterocycles. The fraction of sp³-hybridized carbons (Fsp3) is 0.450. The van der Waals surface area contributed by atoms with Crippen molar-refractivity contribution >= 4 is 17.6 Å². The van der Waals surface area contributed by atoms with Gasteiger partial charge in [-0.2, -0.15) is 5.10 Å². The minimum absolute atomic E-state index is 0.0101. The smallest absolute Gasteiger partial charge is 0.319 e. The predicted molar refractivity (Wildman–Crippen MR) is 106 cm³/mol.